The van der Waals surface area contributed by atoms with Gasteiger partial charge in [-0.25, -0.2) is 13.6 Å². The highest BCUT2D eigenvalue weighted by Crippen LogP contribution is 2.48. The zero-order valence-corrected chi connectivity index (χ0v) is 9.88. The molecule has 4 atom stereocenters. The van der Waals surface area contributed by atoms with Gasteiger partial charge in [0.05, 0.1) is 6.10 Å². The van der Waals surface area contributed by atoms with Crippen molar-refractivity contribution in [1.82, 2.24) is 0 Å². The van der Waals surface area contributed by atoms with Crippen LogP contribution in [0.4, 0.5) is 0 Å². The van der Waals surface area contributed by atoms with Crippen molar-refractivity contribution < 1.29 is 13.2 Å². The molecule has 0 radical (unpaired) electrons. The summed E-state index contributed by atoms with van der Waals surface area (Å²) in [7, 11) is -3.81. The molecule has 3 rings (SSSR count). The molecule has 0 aromatic heterocycles. The van der Waals surface area contributed by atoms with E-state index in [4.69, 9.17) is 9.88 Å². The number of hydrogen-bond donors (Lipinski definition) is 1. The first-order chi connectivity index (χ1) is 8.05. The Kier molecular flexibility index (Phi) is 2.20. The highest BCUT2D eigenvalue weighted by molar-refractivity contribution is 7.90. The molecule has 0 aromatic rings. The smallest absolute Gasteiger partial charge is 0.243 e. The molecule has 5 heteroatoms. The highest BCUT2D eigenvalue weighted by atomic mass is 32.2. The maximum Gasteiger partial charge on any atom is 0.243 e. The maximum atomic E-state index is 11.9. The van der Waals surface area contributed by atoms with Crippen LogP contribution in [0.15, 0.2) is 48.6 Å². The van der Waals surface area contributed by atoms with Crippen LogP contribution in [-0.4, -0.2) is 19.5 Å². The Balaban J connectivity index is 2.15. The number of hydrogen-bond acceptors (Lipinski definition) is 3. The highest BCUT2D eigenvalue weighted by Gasteiger charge is 2.58. The van der Waals surface area contributed by atoms with Crippen molar-refractivity contribution >= 4 is 10.0 Å². The average Bonchev–Trinajstić information content (AvgIpc) is 2.64. The van der Waals surface area contributed by atoms with Crippen LogP contribution < -0.4 is 5.14 Å². The Morgan fingerprint density at radius 3 is 2.53 bits per heavy atom. The normalized spacial score (nSPS) is 42.5. The summed E-state index contributed by atoms with van der Waals surface area (Å²) in [5, 5.41) is 5.35. The number of sulfonamides is 1. The summed E-state index contributed by atoms with van der Waals surface area (Å²) in [4.78, 5) is -1.41. The maximum absolute atomic E-state index is 11.9. The second kappa shape index (κ2) is 3.41. The molecule has 0 spiro atoms. The molecule has 0 saturated carbocycles. The molecule has 0 amide bonds. The van der Waals surface area contributed by atoms with Crippen LogP contribution in [-0.2, 0) is 14.8 Å². The zero-order chi connectivity index (χ0) is 12.1. The van der Waals surface area contributed by atoms with Gasteiger partial charge in [0.1, 0.15) is 0 Å². The first kappa shape index (κ1) is 11.0. The van der Waals surface area contributed by atoms with Crippen LogP contribution in [0.5, 0.6) is 0 Å². The van der Waals surface area contributed by atoms with Crippen LogP contribution >= 0.6 is 0 Å². The van der Waals surface area contributed by atoms with E-state index in [9.17, 15) is 8.42 Å². The summed E-state index contributed by atoms with van der Waals surface area (Å²) in [6.45, 7) is 0. The second-order valence-corrected chi connectivity index (χ2v) is 6.19. The summed E-state index contributed by atoms with van der Waals surface area (Å²) in [5.74, 6) is -0.228. The molecular formula is C12H13NO3S. The number of allylic oxidation sites excluding steroid dienone is 4. The summed E-state index contributed by atoms with van der Waals surface area (Å²) in [6, 6.07) is 0. The predicted octanol–water partition coefficient (Wildman–Crippen LogP) is 0.854. The molecule has 4 unspecified atom stereocenters. The number of ether oxygens (including phenoxy) is 1. The van der Waals surface area contributed by atoms with E-state index in [-0.39, 0.29) is 17.9 Å². The van der Waals surface area contributed by atoms with Gasteiger partial charge in [0.25, 0.3) is 0 Å². The lowest BCUT2D eigenvalue weighted by atomic mass is 9.83. The molecular weight excluding hydrogens is 238 g/mol. The Bertz CT molecular complexity index is 558. The standard InChI is InChI=1S/C12H13NO3S/c13-17(14,15)12-8-4-3-6-10(12)9-5-1-2-7-11(9)16-12/h1-11H,(H2,13,14,15). The lowest BCUT2D eigenvalue weighted by Crippen LogP contribution is -2.47. The largest absolute Gasteiger partial charge is 0.345 e. The molecule has 1 aliphatic heterocycles. The average molecular weight is 251 g/mol. The van der Waals surface area contributed by atoms with Crippen LogP contribution in [0.3, 0.4) is 0 Å². The fourth-order valence-corrected chi connectivity index (χ4v) is 3.87. The van der Waals surface area contributed by atoms with Gasteiger partial charge in [-0.1, -0.05) is 42.5 Å². The van der Waals surface area contributed by atoms with E-state index >= 15 is 0 Å². The van der Waals surface area contributed by atoms with Gasteiger partial charge in [-0.15, -0.1) is 0 Å². The van der Waals surface area contributed by atoms with Crippen LogP contribution in [0.2, 0.25) is 0 Å². The topological polar surface area (TPSA) is 69.4 Å². The van der Waals surface area contributed by atoms with Gasteiger partial charge in [0, 0.05) is 11.8 Å². The van der Waals surface area contributed by atoms with E-state index in [2.05, 4.69) is 0 Å². The molecule has 1 saturated heterocycles. The van der Waals surface area contributed by atoms with Gasteiger partial charge >= 0.3 is 0 Å². The fraction of sp³-hybridized carbons (Fsp3) is 0.333. The van der Waals surface area contributed by atoms with E-state index in [0.717, 1.165) is 0 Å². The second-order valence-electron chi connectivity index (χ2n) is 4.47. The quantitative estimate of drug-likeness (QED) is 0.751. The molecule has 17 heavy (non-hydrogen) atoms. The van der Waals surface area contributed by atoms with Crippen molar-refractivity contribution in [3.8, 4) is 0 Å². The van der Waals surface area contributed by atoms with Gasteiger partial charge < -0.3 is 4.74 Å². The van der Waals surface area contributed by atoms with Crippen LogP contribution in [0.25, 0.3) is 0 Å². The third kappa shape index (κ3) is 1.40. The van der Waals surface area contributed by atoms with Crippen molar-refractivity contribution in [3.05, 3.63) is 48.6 Å². The summed E-state index contributed by atoms with van der Waals surface area (Å²) >= 11 is 0. The van der Waals surface area contributed by atoms with Gasteiger partial charge in [-0.3, -0.25) is 0 Å². The summed E-state index contributed by atoms with van der Waals surface area (Å²) in [5.41, 5.74) is 0. The first-order valence-corrected chi connectivity index (χ1v) is 7.00. The molecule has 2 aliphatic carbocycles. The van der Waals surface area contributed by atoms with Crippen molar-refractivity contribution in [3.63, 3.8) is 0 Å². The molecule has 4 nitrogen and oxygen atoms in total. The Morgan fingerprint density at radius 2 is 1.76 bits per heavy atom. The van der Waals surface area contributed by atoms with Gasteiger partial charge in [-0.2, -0.15) is 0 Å². The van der Waals surface area contributed by atoms with Crippen LogP contribution in [0.1, 0.15) is 0 Å². The van der Waals surface area contributed by atoms with E-state index in [1.54, 1.807) is 12.2 Å². The SMILES string of the molecule is NS(=O)(=O)C12C=CC=CC1C1C=CC=CC1O2. The van der Waals surface area contributed by atoms with E-state index in [0.29, 0.717) is 0 Å². The first-order valence-electron chi connectivity index (χ1n) is 5.46. The van der Waals surface area contributed by atoms with Crippen molar-refractivity contribution in [2.75, 3.05) is 0 Å². The Labute approximate surface area is 100 Å². The van der Waals surface area contributed by atoms with Crippen molar-refractivity contribution in [2.24, 2.45) is 17.0 Å². The molecule has 0 aromatic carbocycles. The fourth-order valence-electron chi connectivity index (χ4n) is 2.74. The zero-order valence-electron chi connectivity index (χ0n) is 9.06. The number of nitrogens with two attached hydrogens (primary N) is 1. The monoisotopic (exact) mass is 251 g/mol. The van der Waals surface area contributed by atoms with Crippen molar-refractivity contribution in [2.45, 2.75) is 11.0 Å². The minimum Gasteiger partial charge on any atom is -0.345 e. The molecule has 1 heterocycles. The van der Waals surface area contributed by atoms with E-state index < -0.39 is 15.0 Å². The van der Waals surface area contributed by atoms with Crippen LogP contribution in [0, 0.1) is 11.8 Å². The minimum atomic E-state index is -3.81. The Morgan fingerprint density at radius 1 is 1.06 bits per heavy atom. The van der Waals surface area contributed by atoms with E-state index in [1.165, 1.54) is 0 Å². The molecule has 2 N–H and O–H groups in total. The van der Waals surface area contributed by atoms with Gasteiger partial charge in [0.2, 0.25) is 15.0 Å². The molecule has 90 valence electrons. The van der Waals surface area contributed by atoms with Gasteiger partial charge in [-0.05, 0) is 6.08 Å². The number of primary sulfonamides is 1. The number of rotatable bonds is 1. The summed E-state index contributed by atoms with van der Waals surface area (Å²) < 4.78 is 29.4. The third-order valence-corrected chi connectivity index (χ3v) is 4.92. The minimum absolute atomic E-state index is 0.0273. The van der Waals surface area contributed by atoms with Gasteiger partial charge in [0.15, 0.2) is 0 Å². The number of fused-ring (bicyclic) bond motifs is 3. The molecule has 1 fully saturated rings. The molecule has 0 bridgehead atoms. The lowest BCUT2D eigenvalue weighted by molar-refractivity contribution is 0.0576. The predicted molar refractivity (Wildman–Crippen MR) is 64.3 cm³/mol. The lowest BCUT2D eigenvalue weighted by Gasteiger charge is -2.30. The van der Waals surface area contributed by atoms with Crippen molar-refractivity contribution in [1.29, 1.82) is 0 Å². The Hall–Kier alpha value is -1.17. The van der Waals surface area contributed by atoms with E-state index in [1.807, 2.05) is 36.5 Å². The third-order valence-electron chi connectivity index (χ3n) is 3.53. The summed E-state index contributed by atoms with van der Waals surface area (Å²) in [6.07, 6.45) is 14.3. The molecule has 3 aliphatic rings.